The Morgan fingerprint density at radius 2 is 1.57 bits per heavy atom. The Labute approximate surface area is 165 Å². The molecule has 2 N–H and O–H groups in total. The van der Waals surface area contributed by atoms with Gasteiger partial charge < -0.3 is 15.0 Å². The van der Waals surface area contributed by atoms with Gasteiger partial charge in [-0.1, -0.05) is 30.7 Å². The number of nitrogens with zero attached hydrogens (tertiary/aromatic N) is 3. The number of unbranched alkanes of at least 4 members (excludes halogenated alkanes) is 2. The summed E-state index contributed by atoms with van der Waals surface area (Å²) in [5, 5.41) is 10.0. The molecule has 0 radical (unpaired) electrons. The van der Waals surface area contributed by atoms with Gasteiger partial charge in [0.25, 0.3) is 0 Å². The van der Waals surface area contributed by atoms with Crippen LogP contribution in [0.4, 0.5) is 5.69 Å². The number of phenols is 1. The summed E-state index contributed by atoms with van der Waals surface area (Å²) in [6.45, 7) is 5.80. The third kappa shape index (κ3) is 4.07. The largest absolute Gasteiger partial charge is 0.506 e. The Morgan fingerprint density at radius 3 is 2.39 bits per heavy atom. The molecule has 1 aliphatic rings. The van der Waals surface area contributed by atoms with E-state index in [4.69, 9.17) is 0 Å². The van der Waals surface area contributed by atoms with Crippen LogP contribution in [0.3, 0.4) is 0 Å². The molecule has 2 aromatic carbocycles. The first-order chi connectivity index (χ1) is 13.7. The molecule has 148 valence electrons. The number of H-pyrrole nitrogens is 1. The molecule has 0 amide bonds. The second kappa shape index (κ2) is 8.52. The molecule has 6 heteroatoms. The molecule has 0 saturated carbocycles. The van der Waals surface area contributed by atoms with E-state index in [-0.39, 0.29) is 5.69 Å². The van der Waals surface area contributed by atoms with Crippen molar-refractivity contribution < 1.29 is 5.11 Å². The van der Waals surface area contributed by atoms with Crippen LogP contribution in [-0.2, 0) is 6.54 Å². The number of para-hydroxylation sites is 4. The molecule has 4 rings (SSSR count). The molecule has 28 heavy (non-hydrogen) atoms. The fourth-order valence-corrected chi connectivity index (χ4v) is 4.05. The number of aromatic amines is 1. The molecule has 0 spiro atoms. The highest BCUT2D eigenvalue weighted by molar-refractivity contribution is 5.74. The Balaban J connectivity index is 1.19. The summed E-state index contributed by atoms with van der Waals surface area (Å²) in [5.74, 6) is 0.364. The van der Waals surface area contributed by atoms with Crippen LogP contribution in [-0.4, -0.2) is 52.3 Å². The topological polar surface area (TPSA) is 64.5 Å². The summed E-state index contributed by atoms with van der Waals surface area (Å²) >= 11 is 0. The predicted octanol–water partition coefficient (Wildman–Crippen LogP) is 3.03. The SMILES string of the molecule is O=c1[nH]c2ccccc2n1CCCCCN1CCN(c2ccccc2O)CC1. The van der Waals surface area contributed by atoms with E-state index in [1.165, 1.54) is 0 Å². The quantitative estimate of drug-likeness (QED) is 0.619. The number of hydrogen-bond donors (Lipinski definition) is 2. The summed E-state index contributed by atoms with van der Waals surface area (Å²) in [5.41, 5.74) is 2.83. The van der Waals surface area contributed by atoms with Crippen molar-refractivity contribution in [1.82, 2.24) is 14.5 Å². The third-order valence-corrected chi connectivity index (χ3v) is 5.63. The van der Waals surface area contributed by atoms with Gasteiger partial charge in [0, 0.05) is 32.7 Å². The van der Waals surface area contributed by atoms with Crippen LogP contribution < -0.4 is 10.6 Å². The first-order valence-electron chi connectivity index (χ1n) is 10.2. The molecule has 0 atom stereocenters. The van der Waals surface area contributed by atoms with Crippen LogP contribution in [0.25, 0.3) is 11.0 Å². The van der Waals surface area contributed by atoms with E-state index >= 15 is 0 Å². The van der Waals surface area contributed by atoms with Crippen molar-refractivity contribution in [3.8, 4) is 5.75 Å². The average molecular weight is 380 g/mol. The van der Waals surface area contributed by atoms with Gasteiger partial charge in [-0.2, -0.15) is 0 Å². The maximum atomic E-state index is 12.1. The number of hydrogen-bond acceptors (Lipinski definition) is 4. The maximum absolute atomic E-state index is 12.1. The summed E-state index contributed by atoms with van der Waals surface area (Å²) < 4.78 is 1.85. The van der Waals surface area contributed by atoms with Crippen molar-refractivity contribution >= 4 is 16.7 Å². The van der Waals surface area contributed by atoms with E-state index in [0.717, 1.165) is 75.3 Å². The second-order valence-electron chi connectivity index (χ2n) is 7.48. The molecule has 1 saturated heterocycles. The number of phenolic OH excluding ortho intramolecular Hbond substituents is 1. The maximum Gasteiger partial charge on any atom is 0.326 e. The number of anilines is 1. The minimum atomic E-state index is -0.0125. The predicted molar refractivity (Wildman–Crippen MR) is 113 cm³/mol. The zero-order valence-electron chi connectivity index (χ0n) is 16.2. The lowest BCUT2D eigenvalue weighted by Crippen LogP contribution is -2.46. The van der Waals surface area contributed by atoms with Crippen LogP contribution in [0.5, 0.6) is 5.75 Å². The van der Waals surface area contributed by atoms with Crippen molar-refractivity contribution in [3.05, 3.63) is 59.0 Å². The number of nitrogens with one attached hydrogen (secondary N) is 1. The van der Waals surface area contributed by atoms with Gasteiger partial charge >= 0.3 is 5.69 Å². The smallest absolute Gasteiger partial charge is 0.326 e. The minimum absolute atomic E-state index is 0.0125. The van der Waals surface area contributed by atoms with Gasteiger partial charge in [-0.05, 0) is 43.7 Å². The molecule has 0 bridgehead atoms. The van der Waals surface area contributed by atoms with Crippen LogP contribution in [0.1, 0.15) is 19.3 Å². The number of aromatic nitrogens is 2. The first-order valence-corrected chi connectivity index (χ1v) is 10.2. The summed E-state index contributed by atoms with van der Waals surface area (Å²) in [7, 11) is 0. The molecular weight excluding hydrogens is 352 g/mol. The number of piperazine rings is 1. The van der Waals surface area contributed by atoms with E-state index in [1.54, 1.807) is 6.07 Å². The highest BCUT2D eigenvalue weighted by Crippen LogP contribution is 2.27. The van der Waals surface area contributed by atoms with Crippen LogP contribution >= 0.6 is 0 Å². The second-order valence-corrected chi connectivity index (χ2v) is 7.48. The Hall–Kier alpha value is -2.73. The third-order valence-electron chi connectivity index (χ3n) is 5.63. The molecule has 6 nitrogen and oxygen atoms in total. The molecule has 0 unspecified atom stereocenters. The number of benzene rings is 2. The van der Waals surface area contributed by atoms with Crippen LogP contribution in [0.15, 0.2) is 53.3 Å². The van der Waals surface area contributed by atoms with Crippen LogP contribution in [0, 0.1) is 0 Å². The zero-order chi connectivity index (χ0) is 19.3. The van der Waals surface area contributed by atoms with Gasteiger partial charge in [0.2, 0.25) is 0 Å². The van der Waals surface area contributed by atoms with E-state index in [2.05, 4.69) is 14.8 Å². The molecule has 1 aliphatic heterocycles. The standard InChI is InChI=1S/C22H28N4O2/c27-21-11-5-4-10-20(21)25-16-14-24(15-17-25)12-6-1-7-13-26-19-9-3-2-8-18(19)23-22(26)28/h2-5,8-11,27H,1,6-7,12-17H2,(H,23,28). The Kier molecular flexibility index (Phi) is 5.67. The van der Waals surface area contributed by atoms with E-state index < -0.39 is 0 Å². The molecular formula is C22H28N4O2. The lowest BCUT2D eigenvalue weighted by atomic mass is 10.2. The summed E-state index contributed by atoms with van der Waals surface area (Å²) in [4.78, 5) is 19.8. The highest BCUT2D eigenvalue weighted by Gasteiger charge is 2.18. The van der Waals surface area contributed by atoms with Crippen LogP contribution in [0.2, 0.25) is 0 Å². The van der Waals surface area contributed by atoms with E-state index in [1.807, 2.05) is 47.0 Å². The first kappa shape index (κ1) is 18.6. The fourth-order valence-electron chi connectivity index (χ4n) is 4.05. The Morgan fingerprint density at radius 1 is 0.857 bits per heavy atom. The van der Waals surface area contributed by atoms with Gasteiger partial charge in [-0.15, -0.1) is 0 Å². The van der Waals surface area contributed by atoms with Crippen molar-refractivity contribution in [2.24, 2.45) is 0 Å². The van der Waals surface area contributed by atoms with Crippen molar-refractivity contribution in [3.63, 3.8) is 0 Å². The molecule has 0 aliphatic carbocycles. The highest BCUT2D eigenvalue weighted by atomic mass is 16.3. The summed E-state index contributed by atoms with van der Waals surface area (Å²) in [6.07, 6.45) is 3.28. The van der Waals surface area contributed by atoms with Crippen molar-refractivity contribution in [2.45, 2.75) is 25.8 Å². The fraction of sp³-hybridized carbons (Fsp3) is 0.409. The molecule has 1 fully saturated rings. The van der Waals surface area contributed by atoms with E-state index in [9.17, 15) is 9.90 Å². The molecule has 2 heterocycles. The van der Waals surface area contributed by atoms with Gasteiger partial charge in [0.05, 0.1) is 16.7 Å². The molecule has 3 aromatic rings. The van der Waals surface area contributed by atoms with Crippen molar-refractivity contribution in [2.75, 3.05) is 37.6 Å². The number of rotatable bonds is 7. The van der Waals surface area contributed by atoms with E-state index in [0.29, 0.717) is 5.75 Å². The minimum Gasteiger partial charge on any atom is -0.506 e. The average Bonchev–Trinajstić information content (AvgIpc) is 3.04. The number of aromatic hydroxyl groups is 1. The Bertz CT molecular complexity index is 970. The van der Waals surface area contributed by atoms with Gasteiger partial charge in [0.1, 0.15) is 5.75 Å². The lowest BCUT2D eigenvalue weighted by molar-refractivity contribution is 0.251. The number of aryl methyl sites for hydroxylation is 1. The zero-order valence-corrected chi connectivity index (χ0v) is 16.2. The van der Waals surface area contributed by atoms with Crippen molar-refractivity contribution in [1.29, 1.82) is 0 Å². The number of imidazole rings is 1. The van der Waals surface area contributed by atoms with Gasteiger partial charge in [0.15, 0.2) is 0 Å². The monoisotopic (exact) mass is 380 g/mol. The lowest BCUT2D eigenvalue weighted by Gasteiger charge is -2.36. The number of fused-ring (bicyclic) bond motifs is 1. The van der Waals surface area contributed by atoms with Gasteiger partial charge in [-0.3, -0.25) is 9.47 Å². The molecule has 1 aromatic heterocycles. The summed E-state index contributed by atoms with van der Waals surface area (Å²) in [6, 6.07) is 15.4. The van der Waals surface area contributed by atoms with Gasteiger partial charge in [-0.25, -0.2) is 4.79 Å². The normalized spacial score (nSPS) is 15.4.